The molecule has 1 atom stereocenters. The van der Waals surface area contributed by atoms with E-state index < -0.39 is 10.3 Å². The van der Waals surface area contributed by atoms with Gasteiger partial charge >= 0.3 is 10.3 Å². The van der Waals surface area contributed by atoms with E-state index in [4.69, 9.17) is 15.2 Å². The van der Waals surface area contributed by atoms with Gasteiger partial charge < -0.3 is 8.37 Å². The summed E-state index contributed by atoms with van der Waals surface area (Å²) < 4.78 is 38.0. The number of aromatic nitrogens is 3. The van der Waals surface area contributed by atoms with Gasteiger partial charge in [0.25, 0.3) is 12.3 Å². The molecule has 1 heterocycles. The fourth-order valence-electron chi connectivity index (χ4n) is 2.46. The molecule has 0 aliphatic rings. The smallest absolute Gasteiger partial charge is 0.380 e. The number of rotatable bonds is 9. The van der Waals surface area contributed by atoms with E-state index in [1.807, 2.05) is 12.1 Å². The van der Waals surface area contributed by atoms with Gasteiger partial charge in [0.2, 0.25) is 0 Å². The van der Waals surface area contributed by atoms with Gasteiger partial charge in [-0.05, 0) is 35.4 Å². The lowest BCUT2D eigenvalue weighted by Crippen LogP contribution is -2.19. The minimum absolute atomic E-state index is 0.103. The van der Waals surface area contributed by atoms with Crippen LogP contribution in [0.1, 0.15) is 17.2 Å². The molecule has 2 aromatic carbocycles. The van der Waals surface area contributed by atoms with Crippen molar-refractivity contribution in [2.24, 2.45) is 11.0 Å². The van der Waals surface area contributed by atoms with Gasteiger partial charge in [0, 0.05) is 0 Å². The van der Waals surface area contributed by atoms with Crippen LogP contribution in [0.4, 0.5) is 0 Å². The van der Waals surface area contributed by atoms with Gasteiger partial charge in [-0.15, -0.1) is 9.32 Å². The highest BCUT2D eigenvalue weighted by Gasteiger charge is 2.18. The third kappa shape index (κ3) is 5.41. The largest absolute Gasteiger partial charge is 0.399 e. The molecule has 0 radical (unpaired) electrons. The van der Waals surface area contributed by atoms with Crippen molar-refractivity contribution in [3.8, 4) is 11.5 Å². The molecule has 0 aliphatic carbocycles. The summed E-state index contributed by atoms with van der Waals surface area (Å²) >= 11 is 0.573. The Bertz CT molecular complexity index is 981. The zero-order valence-electron chi connectivity index (χ0n) is 14.1. The first-order valence-corrected chi connectivity index (χ1v) is 9.73. The highest BCUT2D eigenvalue weighted by molar-refractivity contribution is 7.90. The Morgan fingerprint density at radius 2 is 1.61 bits per heavy atom. The van der Waals surface area contributed by atoms with Crippen molar-refractivity contribution in [1.82, 2.24) is 14.8 Å². The maximum Gasteiger partial charge on any atom is 0.380 e. The van der Waals surface area contributed by atoms with Crippen molar-refractivity contribution < 1.29 is 26.1 Å². The predicted molar refractivity (Wildman–Crippen MR) is 98.5 cm³/mol. The van der Waals surface area contributed by atoms with E-state index in [0.29, 0.717) is 18.1 Å². The van der Waals surface area contributed by atoms with Crippen LogP contribution in [0.25, 0.3) is 0 Å². The SMILES string of the molecule is NOOSOc1ccc(C(c2ccc(OS(N)(=O)=O)cc2)n2cncn2)cc1. The summed E-state index contributed by atoms with van der Waals surface area (Å²) in [6, 6.07) is 13.2. The third-order valence-electron chi connectivity index (χ3n) is 3.50. The van der Waals surface area contributed by atoms with E-state index in [1.54, 1.807) is 35.3 Å². The van der Waals surface area contributed by atoms with Gasteiger partial charge in [0.1, 0.15) is 30.2 Å². The van der Waals surface area contributed by atoms with Crippen LogP contribution < -0.4 is 19.4 Å². The van der Waals surface area contributed by atoms with E-state index >= 15 is 0 Å². The summed E-state index contributed by atoms with van der Waals surface area (Å²) in [4.78, 5) is 7.92. The topological polar surface area (TPSA) is 154 Å². The Morgan fingerprint density at radius 3 is 2.11 bits per heavy atom. The molecule has 1 aromatic heterocycles. The standard InChI is InChI=1S/C15H15N5O6S2/c16-25-26-27-23-13-5-1-11(2-6-13)15(20-10-18-9-19-20)12-3-7-14(8-4-12)24-28(17,21)22/h1-10,15H,16H2,(H2,17,21,22). The lowest BCUT2D eigenvalue weighted by atomic mass is 9.99. The molecule has 28 heavy (non-hydrogen) atoms. The van der Waals surface area contributed by atoms with E-state index in [0.717, 1.165) is 11.1 Å². The van der Waals surface area contributed by atoms with Gasteiger partial charge in [-0.25, -0.2) is 9.67 Å². The van der Waals surface area contributed by atoms with Gasteiger partial charge in [-0.1, -0.05) is 24.3 Å². The monoisotopic (exact) mass is 425 g/mol. The van der Waals surface area contributed by atoms with Crippen LogP contribution >= 0.6 is 12.3 Å². The molecule has 1 unspecified atom stereocenters. The molecule has 11 nitrogen and oxygen atoms in total. The molecular weight excluding hydrogens is 410 g/mol. The van der Waals surface area contributed by atoms with Gasteiger partial charge in [0.15, 0.2) is 0 Å². The Labute approximate surface area is 164 Å². The zero-order chi connectivity index (χ0) is 20.0. The summed E-state index contributed by atoms with van der Waals surface area (Å²) in [5.74, 6) is 5.35. The van der Waals surface area contributed by atoms with Crippen LogP contribution in [-0.2, 0) is 19.6 Å². The molecule has 13 heteroatoms. The average Bonchev–Trinajstić information content (AvgIpc) is 3.18. The van der Waals surface area contributed by atoms with Crippen molar-refractivity contribution in [1.29, 1.82) is 0 Å². The van der Waals surface area contributed by atoms with Crippen LogP contribution in [-0.4, -0.2) is 23.2 Å². The van der Waals surface area contributed by atoms with E-state index in [1.165, 1.54) is 18.5 Å². The quantitative estimate of drug-likeness (QED) is 0.222. The number of nitrogens with two attached hydrogens (primary N) is 2. The molecule has 4 N–H and O–H groups in total. The second-order valence-electron chi connectivity index (χ2n) is 5.31. The molecule has 0 spiro atoms. The lowest BCUT2D eigenvalue weighted by Gasteiger charge is -2.18. The summed E-state index contributed by atoms with van der Waals surface area (Å²) in [7, 11) is -4.09. The molecular formula is C15H15N5O6S2. The fourth-order valence-corrected chi connectivity index (χ4v) is 3.09. The highest BCUT2D eigenvalue weighted by Crippen LogP contribution is 2.29. The van der Waals surface area contributed by atoms with Gasteiger partial charge in [-0.2, -0.15) is 24.6 Å². The number of benzene rings is 2. The molecule has 0 bridgehead atoms. The minimum Gasteiger partial charge on any atom is -0.399 e. The highest BCUT2D eigenvalue weighted by atomic mass is 32.2. The van der Waals surface area contributed by atoms with Crippen molar-refractivity contribution in [2.45, 2.75) is 6.04 Å². The Kier molecular flexibility index (Phi) is 6.45. The summed E-state index contributed by atoms with van der Waals surface area (Å²) in [6.07, 6.45) is 3.00. The average molecular weight is 425 g/mol. The summed E-state index contributed by atoms with van der Waals surface area (Å²) in [6.45, 7) is 0. The molecule has 0 fully saturated rings. The second kappa shape index (κ2) is 9.01. The first-order chi connectivity index (χ1) is 13.5. The first-order valence-electron chi connectivity index (χ1n) is 7.59. The Hall–Kier alpha value is -2.68. The molecule has 3 rings (SSSR count). The van der Waals surface area contributed by atoms with Crippen molar-refractivity contribution >= 4 is 22.6 Å². The second-order valence-corrected chi connectivity index (χ2v) is 6.90. The van der Waals surface area contributed by atoms with Crippen molar-refractivity contribution in [3.05, 3.63) is 72.3 Å². The third-order valence-corrected chi connectivity index (χ3v) is 4.32. The lowest BCUT2D eigenvalue weighted by molar-refractivity contribution is -0.199. The maximum atomic E-state index is 11.0. The minimum atomic E-state index is -4.09. The van der Waals surface area contributed by atoms with Crippen LogP contribution in [0.5, 0.6) is 11.5 Å². The molecule has 3 aromatic rings. The van der Waals surface area contributed by atoms with Gasteiger partial charge in [0.05, 0.1) is 0 Å². The zero-order valence-corrected chi connectivity index (χ0v) is 15.7. The van der Waals surface area contributed by atoms with Crippen LogP contribution in [0.2, 0.25) is 0 Å². The molecule has 148 valence electrons. The Morgan fingerprint density at radius 1 is 1.00 bits per heavy atom. The molecule has 0 saturated carbocycles. The molecule has 0 aliphatic heterocycles. The normalized spacial score (nSPS) is 12.5. The van der Waals surface area contributed by atoms with E-state index in [-0.39, 0.29) is 11.8 Å². The fraction of sp³-hybridized carbons (Fsp3) is 0.0667. The van der Waals surface area contributed by atoms with E-state index in [2.05, 4.69) is 23.6 Å². The molecule has 0 amide bonds. The van der Waals surface area contributed by atoms with E-state index in [9.17, 15) is 8.42 Å². The Balaban J connectivity index is 1.86. The van der Waals surface area contributed by atoms with Crippen LogP contribution in [0.3, 0.4) is 0 Å². The van der Waals surface area contributed by atoms with Crippen molar-refractivity contribution in [3.63, 3.8) is 0 Å². The summed E-state index contributed by atoms with van der Waals surface area (Å²) in [5.41, 5.74) is 1.69. The first kappa shape index (κ1) is 20.1. The molecule has 0 saturated heterocycles. The summed E-state index contributed by atoms with van der Waals surface area (Å²) in [5, 5.41) is 9.09. The number of hydrogen-bond acceptors (Lipinski definition) is 10. The van der Waals surface area contributed by atoms with Crippen molar-refractivity contribution in [2.75, 3.05) is 0 Å². The number of nitrogens with zero attached hydrogens (tertiary/aromatic N) is 3. The predicted octanol–water partition coefficient (Wildman–Crippen LogP) is 1.26. The maximum absolute atomic E-state index is 11.0. The van der Waals surface area contributed by atoms with Gasteiger partial charge in [-0.3, -0.25) is 0 Å². The van der Waals surface area contributed by atoms with Crippen LogP contribution in [0.15, 0.2) is 61.2 Å². The number of hydrogen-bond donors (Lipinski definition) is 2. The van der Waals surface area contributed by atoms with Crippen LogP contribution in [0, 0.1) is 0 Å².